The predicted octanol–water partition coefficient (Wildman–Crippen LogP) is 8.26. The number of rotatable bonds is 5. The van der Waals surface area contributed by atoms with Crippen molar-refractivity contribution in [3.05, 3.63) is 63.1 Å². The second-order valence-corrected chi connectivity index (χ2v) is 13.7. The standard InChI is InChI=1S/C38H41F2N3O3/c1-3-28-30(40)14-13-25-19-27(44)20-29(32(25)28)36-23(2)34-33(37(45)46-36)35(24-11-8-6-4-5-7-9-12-24)42-31(41-34)15-17-38-16-10-18-43(38)22-26(39)21-38/h1,13-14,19-20,24,26,44H,4-12,15-18,21-22H2,2H3/t26-,38?/m1/s1. The molecular weight excluding hydrogens is 584 g/mol. The number of terminal acetylenes is 1. The van der Waals surface area contributed by atoms with E-state index in [2.05, 4.69) is 10.8 Å². The third-order valence-corrected chi connectivity index (χ3v) is 10.8. The average Bonchev–Trinajstić information content (AvgIpc) is 3.60. The summed E-state index contributed by atoms with van der Waals surface area (Å²) in [6, 6.07) is 5.80. The van der Waals surface area contributed by atoms with E-state index in [0.29, 0.717) is 58.0 Å². The van der Waals surface area contributed by atoms with E-state index < -0.39 is 17.6 Å². The van der Waals surface area contributed by atoms with E-state index in [1.165, 1.54) is 31.0 Å². The maximum Gasteiger partial charge on any atom is 0.347 e. The van der Waals surface area contributed by atoms with Crippen molar-refractivity contribution in [2.24, 2.45) is 0 Å². The van der Waals surface area contributed by atoms with Crippen molar-refractivity contribution in [1.82, 2.24) is 14.9 Å². The van der Waals surface area contributed by atoms with E-state index in [9.17, 15) is 18.7 Å². The van der Waals surface area contributed by atoms with Gasteiger partial charge in [-0.25, -0.2) is 23.5 Å². The molecule has 1 unspecified atom stereocenters. The molecule has 0 bridgehead atoms. The zero-order valence-corrected chi connectivity index (χ0v) is 26.5. The third kappa shape index (κ3) is 5.47. The minimum absolute atomic E-state index is 0.0346. The Hall–Kier alpha value is -3.83. The molecule has 7 rings (SSSR count). The van der Waals surface area contributed by atoms with Crippen LogP contribution in [0.15, 0.2) is 33.5 Å². The molecule has 2 saturated heterocycles. The summed E-state index contributed by atoms with van der Waals surface area (Å²) in [7, 11) is 0. The molecule has 3 aliphatic rings. The molecule has 4 heterocycles. The Morgan fingerprint density at radius 2 is 1.85 bits per heavy atom. The SMILES string of the molecule is C#Cc1c(F)ccc2cc(O)cc(-c3oc(=O)c4c(C5CCCCCCCC5)nc(CCC56CCCN5C[C@H](F)C6)nc4c3C)c12. The minimum atomic E-state index is -0.809. The summed E-state index contributed by atoms with van der Waals surface area (Å²) < 4.78 is 35.6. The minimum Gasteiger partial charge on any atom is -0.508 e. The van der Waals surface area contributed by atoms with Crippen LogP contribution in [-0.4, -0.2) is 44.8 Å². The maximum atomic E-state index is 14.9. The summed E-state index contributed by atoms with van der Waals surface area (Å²) in [6.07, 6.45) is 17.7. The number of phenols is 1. The predicted molar refractivity (Wildman–Crippen MR) is 176 cm³/mol. The highest BCUT2D eigenvalue weighted by Crippen LogP contribution is 2.44. The summed E-state index contributed by atoms with van der Waals surface area (Å²) in [6.45, 7) is 3.26. The second-order valence-electron chi connectivity index (χ2n) is 13.7. The van der Waals surface area contributed by atoms with Gasteiger partial charge in [0.15, 0.2) is 0 Å². The fourth-order valence-corrected chi connectivity index (χ4v) is 8.60. The van der Waals surface area contributed by atoms with Gasteiger partial charge in [0.25, 0.3) is 0 Å². The highest BCUT2D eigenvalue weighted by Gasteiger charge is 2.48. The van der Waals surface area contributed by atoms with E-state index >= 15 is 0 Å². The van der Waals surface area contributed by atoms with Gasteiger partial charge in [0.2, 0.25) is 0 Å². The largest absolute Gasteiger partial charge is 0.508 e. The molecule has 8 heteroatoms. The molecule has 2 atom stereocenters. The average molecular weight is 626 g/mol. The third-order valence-electron chi connectivity index (χ3n) is 10.8. The summed E-state index contributed by atoms with van der Waals surface area (Å²) in [5.74, 6) is 2.77. The first-order valence-corrected chi connectivity index (χ1v) is 16.9. The van der Waals surface area contributed by atoms with E-state index in [1.54, 1.807) is 6.07 Å². The number of phenolic OH excluding ortho intramolecular Hbond substituents is 1. The molecule has 1 saturated carbocycles. The molecule has 240 valence electrons. The van der Waals surface area contributed by atoms with Crippen LogP contribution in [0.25, 0.3) is 33.0 Å². The van der Waals surface area contributed by atoms with Crippen LogP contribution in [0.3, 0.4) is 0 Å². The Labute approximate surface area is 268 Å². The van der Waals surface area contributed by atoms with Gasteiger partial charge in [-0.1, -0.05) is 50.5 Å². The number of benzene rings is 2. The lowest BCUT2D eigenvalue weighted by atomic mass is 9.88. The summed E-state index contributed by atoms with van der Waals surface area (Å²) >= 11 is 0. The maximum absolute atomic E-state index is 14.9. The van der Waals surface area contributed by atoms with Crippen LogP contribution in [0.1, 0.15) is 106 Å². The molecule has 0 amide bonds. The van der Waals surface area contributed by atoms with Gasteiger partial charge in [-0.3, -0.25) is 4.90 Å². The lowest BCUT2D eigenvalue weighted by Gasteiger charge is -2.31. The first kappa shape index (κ1) is 30.8. The zero-order chi connectivity index (χ0) is 32.0. The first-order chi connectivity index (χ1) is 22.3. The fourth-order valence-electron chi connectivity index (χ4n) is 8.60. The highest BCUT2D eigenvalue weighted by atomic mass is 19.1. The van der Waals surface area contributed by atoms with Crippen LogP contribution in [0.4, 0.5) is 8.78 Å². The molecule has 46 heavy (non-hydrogen) atoms. The second kappa shape index (κ2) is 12.4. The molecule has 3 fully saturated rings. The number of nitrogens with zero attached hydrogens (tertiary/aromatic N) is 3. The molecule has 6 nitrogen and oxygen atoms in total. The van der Waals surface area contributed by atoms with Gasteiger partial charge in [-0.2, -0.15) is 0 Å². The number of aromatic nitrogens is 2. The van der Waals surface area contributed by atoms with E-state index in [0.717, 1.165) is 70.0 Å². The number of aryl methyl sites for hydroxylation is 2. The Morgan fingerprint density at radius 1 is 1.09 bits per heavy atom. The van der Waals surface area contributed by atoms with Gasteiger partial charge in [-0.05, 0) is 75.6 Å². The Kier molecular flexibility index (Phi) is 8.31. The quantitative estimate of drug-likeness (QED) is 0.225. The summed E-state index contributed by atoms with van der Waals surface area (Å²) in [4.78, 5) is 26.5. The molecule has 2 aromatic carbocycles. The number of fused-ring (bicyclic) bond motifs is 3. The van der Waals surface area contributed by atoms with Gasteiger partial charge in [-0.15, -0.1) is 6.42 Å². The number of aromatic hydroxyl groups is 1. The van der Waals surface area contributed by atoms with Gasteiger partial charge in [0.05, 0.1) is 16.8 Å². The monoisotopic (exact) mass is 625 g/mol. The van der Waals surface area contributed by atoms with Crippen LogP contribution in [0, 0.1) is 25.1 Å². The number of hydrogen-bond acceptors (Lipinski definition) is 6. The molecular formula is C38H41F2N3O3. The van der Waals surface area contributed by atoms with Gasteiger partial charge in [0, 0.05) is 40.9 Å². The normalized spacial score (nSPS) is 22.9. The van der Waals surface area contributed by atoms with Crippen molar-refractivity contribution in [2.75, 3.05) is 13.1 Å². The van der Waals surface area contributed by atoms with Crippen molar-refractivity contribution in [2.45, 2.75) is 108 Å². The number of hydrogen-bond donors (Lipinski definition) is 1. The molecule has 2 aromatic heterocycles. The van der Waals surface area contributed by atoms with Crippen molar-refractivity contribution < 1.29 is 18.3 Å². The fraction of sp³-hybridized carbons (Fsp3) is 0.500. The van der Waals surface area contributed by atoms with Crippen LogP contribution in [0.5, 0.6) is 5.75 Å². The number of halogens is 2. The molecule has 0 spiro atoms. The number of alkyl halides is 1. The van der Waals surface area contributed by atoms with Crippen molar-refractivity contribution in [3.63, 3.8) is 0 Å². The Morgan fingerprint density at radius 3 is 2.61 bits per heavy atom. The van der Waals surface area contributed by atoms with Gasteiger partial charge < -0.3 is 9.52 Å². The van der Waals surface area contributed by atoms with E-state index in [4.69, 9.17) is 20.8 Å². The molecule has 1 aliphatic carbocycles. The zero-order valence-electron chi connectivity index (χ0n) is 26.5. The Balaban J connectivity index is 1.41. The lowest BCUT2D eigenvalue weighted by Crippen LogP contribution is -2.38. The van der Waals surface area contributed by atoms with Crippen LogP contribution in [0.2, 0.25) is 0 Å². The van der Waals surface area contributed by atoms with Crippen LogP contribution >= 0.6 is 0 Å². The highest BCUT2D eigenvalue weighted by molar-refractivity contribution is 6.02. The first-order valence-electron chi connectivity index (χ1n) is 16.9. The smallest absolute Gasteiger partial charge is 0.347 e. The Bertz CT molecular complexity index is 1900. The van der Waals surface area contributed by atoms with E-state index in [-0.39, 0.29) is 28.5 Å². The van der Waals surface area contributed by atoms with Crippen molar-refractivity contribution in [1.29, 1.82) is 0 Å². The lowest BCUT2D eigenvalue weighted by molar-refractivity contribution is 0.181. The molecule has 0 radical (unpaired) electrons. The van der Waals surface area contributed by atoms with Crippen LogP contribution < -0.4 is 5.63 Å². The van der Waals surface area contributed by atoms with Gasteiger partial charge >= 0.3 is 5.63 Å². The van der Waals surface area contributed by atoms with Gasteiger partial charge in [0.1, 0.15) is 34.7 Å². The molecule has 2 aliphatic heterocycles. The molecule has 4 aromatic rings. The summed E-state index contributed by atoms with van der Waals surface area (Å²) in [5, 5.41) is 12.0. The topological polar surface area (TPSA) is 79.5 Å². The van der Waals surface area contributed by atoms with Crippen molar-refractivity contribution in [3.8, 4) is 29.4 Å². The summed E-state index contributed by atoms with van der Waals surface area (Å²) in [5.41, 5.74) is 1.52. The van der Waals surface area contributed by atoms with Crippen molar-refractivity contribution >= 4 is 21.7 Å². The van der Waals surface area contributed by atoms with Crippen LogP contribution in [-0.2, 0) is 6.42 Å². The van der Waals surface area contributed by atoms with E-state index in [1.807, 2.05) is 6.92 Å². The molecule has 1 N–H and O–H groups in total.